The monoisotopic (exact) mass is 377 g/mol. The molecule has 0 unspecified atom stereocenters. The standard InChI is InChI=1S/C19H27N3O5/c1-19(2,3)27-18(25)22-11-9-15(10-12-22)21-17(24)20-14-7-5-13(6-8-14)16(23)26-4/h5-8,15H,9-12H2,1-4H3,(H2,20,21,24). The lowest BCUT2D eigenvalue weighted by Crippen LogP contribution is -2.48. The van der Waals surface area contributed by atoms with Crippen molar-refractivity contribution < 1.29 is 23.9 Å². The van der Waals surface area contributed by atoms with E-state index in [0.717, 1.165) is 0 Å². The van der Waals surface area contributed by atoms with Crippen LogP contribution in [0, 0.1) is 0 Å². The Morgan fingerprint density at radius 1 is 1.07 bits per heavy atom. The van der Waals surface area contributed by atoms with Crippen molar-refractivity contribution in [3.8, 4) is 0 Å². The molecule has 1 aromatic carbocycles. The number of rotatable bonds is 3. The number of amides is 3. The number of piperidine rings is 1. The molecule has 148 valence electrons. The topological polar surface area (TPSA) is 97.0 Å². The van der Waals surface area contributed by atoms with E-state index < -0.39 is 11.6 Å². The number of nitrogens with one attached hydrogen (secondary N) is 2. The number of likely N-dealkylation sites (tertiary alicyclic amines) is 1. The first-order chi connectivity index (χ1) is 12.7. The highest BCUT2D eigenvalue weighted by molar-refractivity contribution is 5.92. The fourth-order valence-electron chi connectivity index (χ4n) is 2.69. The quantitative estimate of drug-likeness (QED) is 0.789. The van der Waals surface area contributed by atoms with E-state index in [1.54, 1.807) is 29.2 Å². The van der Waals surface area contributed by atoms with Crippen molar-refractivity contribution in [2.45, 2.75) is 45.3 Å². The summed E-state index contributed by atoms with van der Waals surface area (Å²) in [4.78, 5) is 37.3. The molecule has 0 bridgehead atoms. The second-order valence-corrected chi connectivity index (χ2v) is 7.41. The van der Waals surface area contributed by atoms with Gasteiger partial charge in [-0.05, 0) is 57.9 Å². The molecule has 1 heterocycles. The maximum Gasteiger partial charge on any atom is 0.410 e. The van der Waals surface area contributed by atoms with E-state index in [9.17, 15) is 14.4 Å². The first kappa shape index (κ1) is 20.5. The third kappa shape index (κ3) is 6.47. The molecular formula is C19H27N3O5. The first-order valence-electron chi connectivity index (χ1n) is 8.92. The number of carbonyl (C=O) groups excluding carboxylic acids is 3. The normalized spacial score (nSPS) is 15.0. The molecule has 8 nitrogen and oxygen atoms in total. The highest BCUT2D eigenvalue weighted by Gasteiger charge is 2.27. The molecule has 0 atom stereocenters. The van der Waals surface area contributed by atoms with E-state index in [0.29, 0.717) is 37.2 Å². The molecule has 0 saturated carbocycles. The number of benzene rings is 1. The van der Waals surface area contributed by atoms with Crippen molar-refractivity contribution in [3.63, 3.8) is 0 Å². The Bertz CT molecular complexity index is 674. The van der Waals surface area contributed by atoms with E-state index in [1.807, 2.05) is 20.8 Å². The Kier molecular flexibility index (Phi) is 6.65. The zero-order chi connectivity index (χ0) is 20.0. The number of hydrogen-bond acceptors (Lipinski definition) is 5. The highest BCUT2D eigenvalue weighted by Crippen LogP contribution is 2.16. The lowest BCUT2D eigenvalue weighted by atomic mass is 10.1. The van der Waals surface area contributed by atoms with Crippen LogP contribution in [0.1, 0.15) is 44.0 Å². The van der Waals surface area contributed by atoms with Crippen molar-refractivity contribution in [3.05, 3.63) is 29.8 Å². The highest BCUT2D eigenvalue weighted by atomic mass is 16.6. The van der Waals surface area contributed by atoms with Gasteiger partial charge in [0.05, 0.1) is 12.7 Å². The van der Waals surface area contributed by atoms with Crippen LogP contribution in [-0.4, -0.2) is 54.8 Å². The van der Waals surface area contributed by atoms with Gasteiger partial charge in [-0.15, -0.1) is 0 Å². The summed E-state index contributed by atoms with van der Waals surface area (Å²) >= 11 is 0. The molecule has 3 amide bonds. The fourth-order valence-corrected chi connectivity index (χ4v) is 2.69. The maximum absolute atomic E-state index is 12.1. The number of methoxy groups -OCH3 is 1. The van der Waals surface area contributed by atoms with Crippen molar-refractivity contribution in [1.29, 1.82) is 0 Å². The average Bonchev–Trinajstić information content (AvgIpc) is 2.60. The van der Waals surface area contributed by atoms with Crippen LogP contribution >= 0.6 is 0 Å². The molecule has 0 aromatic heterocycles. The van der Waals surface area contributed by atoms with E-state index in [4.69, 9.17) is 4.74 Å². The molecule has 1 fully saturated rings. The molecule has 27 heavy (non-hydrogen) atoms. The summed E-state index contributed by atoms with van der Waals surface area (Å²) in [5, 5.41) is 5.63. The van der Waals surface area contributed by atoms with Crippen LogP contribution in [0.4, 0.5) is 15.3 Å². The van der Waals surface area contributed by atoms with Crippen molar-refractivity contribution in [2.24, 2.45) is 0 Å². The average molecular weight is 377 g/mol. The predicted octanol–water partition coefficient (Wildman–Crippen LogP) is 2.99. The molecule has 2 rings (SSSR count). The second-order valence-electron chi connectivity index (χ2n) is 7.41. The molecule has 1 aromatic rings. The Hall–Kier alpha value is -2.77. The van der Waals surface area contributed by atoms with Crippen LogP contribution in [0.25, 0.3) is 0 Å². The summed E-state index contributed by atoms with van der Waals surface area (Å²) in [7, 11) is 1.32. The van der Waals surface area contributed by atoms with Crippen LogP contribution in [0.15, 0.2) is 24.3 Å². The number of esters is 1. The third-order valence-corrected chi connectivity index (χ3v) is 4.05. The summed E-state index contributed by atoms with van der Waals surface area (Å²) in [5.41, 5.74) is 0.472. The van der Waals surface area contributed by atoms with Crippen LogP contribution in [0.5, 0.6) is 0 Å². The number of nitrogens with zero attached hydrogens (tertiary/aromatic N) is 1. The van der Waals surface area contributed by atoms with E-state index in [2.05, 4.69) is 15.4 Å². The minimum absolute atomic E-state index is 0.0157. The minimum Gasteiger partial charge on any atom is -0.465 e. The van der Waals surface area contributed by atoms with Crippen LogP contribution in [0.3, 0.4) is 0 Å². The van der Waals surface area contributed by atoms with Gasteiger partial charge in [0.1, 0.15) is 5.60 Å². The Balaban J connectivity index is 1.77. The summed E-state index contributed by atoms with van der Waals surface area (Å²) in [6, 6.07) is 6.10. The Labute approximate surface area is 159 Å². The molecule has 8 heteroatoms. The molecular weight excluding hydrogens is 350 g/mol. The number of carbonyl (C=O) groups is 3. The van der Waals surface area contributed by atoms with Crippen molar-refractivity contribution >= 4 is 23.8 Å². The van der Waals surface area contributed by atoms with Crippen LogP contribution in [-0.2, 0) is 9.47 Å². The third-order valence-electron chi connectivity index (χ3n) is 4.05. The zero-order valence-electron chi connectivity index (χ0n) is 16.2. The van der Waals surface area contributed by atoms with Gasteiger partial charge in [0.2, 0.25) is 0 Å². The van der Waals surface area contributed by atoms with Crippen LogP contribution in [0.2, 0.25) is 0 Å². The fraction of sp³-hybridized carbons (Fsp3) is 0.526. The van der Waals surface area contributed by atoms with Crippen LogP contribution < -0.4 is 10.6 Å². The minimum atomic E-state index is -0.518. The lowest BCUT2D eigenvalue weighted by Gasteiger charge is -2.33. The molecule has 0 aliphatic carbocycles. The number of ether oxygens (including phenoxy) is 2. The largest absolute Gasteiger partial charge is 0.465 e. The molecule has 1 saturated heterocycles. The summed E-state index contributed by atoms with van der Waals surface area (Å²) in [6.45, 7) is 6.57. The molecule has 0 spiro atoms. The van der Waals surface area contributed by atoms with Gasteiger partial charge in [-0.3, -0.25) is 0 Å². The Morgan fingerprint density at radius 2 is 1.67 bits per heavy atom. The van der Waals surface area contributed by atoms with Gasteiger partial charge < -0.3 is 25.0 Å². The van der Waals surface area contributed by atoms with Gasteiger partial charge in [0.25, 0.3) is 0 Å². The van der Waals surface area contributed by atoms with Gasteiger partial charge in [-0.2, -0.15) is 0 Å². The number of hydrogen-bond donors (Lipinski definition) is 2. The number of anilines is 1. The van der Waals surface area contributed by atoms with Gasteiger partial charge in [0.15, 0.2) is 0 Å². The lowest BCUT2D eigenvalue weighted by molar-refractivity contribution is 0.0201. The van der Waals surface area contributed by atoms with E-state index in [-0.39, 0.29) is 18.2 Å². The van der Waals surface area contributed by atoms with E-state index >= 15 is 0 Å². The maximum atomic E-state index is 12.1. The zero-order valence-corrected chi connectivity index (χ0v) is 16.2. The van der Waals surface area contributed by atoms with Crippen molar-refractivity contribution in [2.75, 3.05) is 25.5 Å². The Morgan fingerprint density at radius 3 is 2.19 bits per heavy atom. The smallest absolute Gasteiger partial charge is 0.410 e. The predicted molar refractivity (Wildman–Crippen MR) is 101 cm³/mol. The molecule has 0 radical (unpaired) electrons. The second kappa shape index (κ2) is 8.75. The summed E-state index contributed by atoms with van der Waals surface area (Å²) in [6.07, 6.45) is 0.998. The SMILES string of the molecule is COC(=O)c1ccc(NC(=O)NC2CCN(C(=O)OC(C)(C)C)CC2)cc1. The summed E-state index contributed by atoms with van der Waals surface area (Å²) in [5.74, 6) is -0.428. The first-order valence-corrected chi connectivity index (χ1v) is 8.92. The van der Waals surface area contributed by atoms with Crippen molar-refractivity contribution in [1.82, 2.24) is 10.2 Å². The molecule has 1 aliphatic heterocycles. The van der Waals surface area contributed by atoms with Gasteiger partial charge in [-0.1, -0.05) is 0 Å². The van der Waals surface area contributed by atoms with Gasteiger partial charge in [0, 0.05) is 24.8 Å². The van der Waals surface area contributed by atoms with Gasteiger partial charge >= 0.3 is 18.1 Å². The van der Waals surface area contributed by atoms with E-state index in [1.165, 1.54) is 7.11 Å². The molecule has 1 aliphatic rings. The summed E-state index contributed by atoms with van der Waals surface area (Å²) < 4.78 is 10.00. The molecule has 2 N–H and O–H groups in total. The number of urea groups is 1. The van der Waals surface area contributed by atoms with Gasteiger partial charge in [-0.25, -0.2) is 14.4 Å².